The highest BCUT2D eigenvalue weighted by Crippen LogP contribution is 2.32. The second-order valence-electron chi connectivity index (χ2n) is 3.61. The normalized spacial score (nSPS) is 10.8. The van der Waals surface area contributed by atoms with Crippen molar-refractivity contribution < 1.29 is 9.53 Å². The minimum Gasteiger partial charge on any atom is -0.462 e. The van der Waals surface area contributed by atoms with E-state index in [-0.39, 0.29) is 0 Å². The molecule has 0 bridgehead atoms. The van der Waals surface area contributed by atoms with E-state index in [1.807, 2.05) is 13.8 Å². The van der Waals surface area contributed by atoms with Crippen LogP contribution in [0.15, 0.2) is 0 Å². The summed E-state index contributed by atoms with van der Waals surface area (Å²) in [6, 6.07) is 0. The van der Waals surface area contributed by atoms with Crippen molar-refractivity contribution >= 4 is 33.3 Å². The number of hydrogen-bond acceptors (Lipinski definition) is 6. The molecule has 0 aromatic carbocycles. The van der Waals surface area contributed by atoms with Crippen molar-refractivity contribution in [3.8, 4) is 0 Å². The van der Waals surface area contributed by atoms with Gasteiger partial charge in [-0.25, -0.2) is 14.8 Å². The van der Waals surface area contributed by atoms with Crippen LogP contribution in [0, 0.1) is 13.8 Å². The molecule has 2 heterocycles. The van der Waals surface area contributed by atoms with E-state index in [4.69, 9.17) is 10.5 Å². The lowest BCUT2D eigenvalue weighted by atomic mass is 10.3. The topological polar surface area (TPSA) is 78.1 Å². The molecule has 0 saturated carbocycles. The monoisotopic (exact) mass is 251 g/mol. The van der Waals surface area contributed by atoms with E-state index in [0.717, 1.165) is 11.4 Å². The summed E-state index contributed by atoms with van der Waals surface area (Å²) in [7, 11) is 0. The minimum atomic E-state index is -0.412. The van der Waals surface area contributed by atoms with Crippen molar-refractivity contribution in [2.24, 2.45) is 0 Å². The summed E-state index contributed by atoms with van der Waals surface area (Å²) in [4.78, 5) is 21.4. The Labute approximate surface area is 103 Å². The number of carbonyl (C=O) groups excluding carboxylic acids is 1. The van der Waals surface area contributed by atoms with Gasteiger partial charge in [-0.05, 0) is 20.8 Å². The molecule has 0 aliphatic heterocycles. The van der Waals surface area contributed by atoms with Gasteiger partial charge < -0.3 is 10.5 Å². The highest BCUT2D eigenvalue weighted by molar-refractivity contribution is 7.21. The number of nitrogens with zero attached hydrogens (tertiary/aromatic N) is 2. The van der Waals surface area contributed by atoms with Gasteiger partial charge in [0.15, 0.2) is 0 Å². The van der Waals surface area contributed by atoms with E-state index in [1.165, 1.54) is 11.3 Å². The van der Waals surface area contributed by atoms with Crippen molar-refractivity contribution in [3.05, 3.63) is 16.3 Å². The molecular formula is C11H13N3O2S. The summed E-state index contributed by atoms with van der Waals surface area (Å²) in [5.41, 5.74) is 8.50. The molecule has 0 saturated heterocycles. The molecule has 17 heavy (non-hydrogen) atoms. The molecule has 0 spiro atoms. The van der Waals surface area contributed by atoms with Gasteiger partial charge in [0.2, 0.25) is 0 Å². The quantitative estimate of drug-likeness (QED) is 0.827. The first-order valence-corrected chi connectivity index (χ1v) is 6.06. The highest BCUT2D eigenvalue weighted by atomic mass is 32.1. The molecule has 2 aromatic rings. The lowest BCUT2D eigenvalue weighted by molar-refractivity contribution is 0.0533. The summed E-state index contributed by atoms with van der Waals surface area (Å²) in [6.07, 6.45) is 0. The van der Waals surface area contributed by atoms with Crippen LogP contribution in [-0.4, -0.2) is 22.5 Å². The second-order valence-corrected chi connectivity index (χ2v) is 4.61. The number of aryl methyl sites for hydroxylation is 2. The number of ether oxygens (including phenoxy) is 1. The number of anilines is 1. The molecule has 2 rings (SSSR count). The SMILES string of the molecule is CCOC(=O)c1sc2nc(C)c(C)nc2c1N. The van der Waals surface area contributed by atoms with E-state index < -0.39 is 5.97 Å². The standard InChI is InChI=1S/C11H13N3O2S/c1-4-16-11(15)9-7(12)8-10(17-9)14-6(3)5(2)13-8/h4,12H2,1-3H3. The van der Waals surface area contributed by atoms with E-state index in [2.05, 4.69) is 9.97 Å². The number of fused-ring (bicyclic) bond motifs is 1. The molecule has 0 aliphatic carbocycles. The molecule has 0 amide bonds. The molecule has 0 radical (unpaired) electrons. The molecule has 2 N–H and O–H groups in total. The van der Waals surface area contributed by atoms with Crippen LogP contribution in [0.25, 0.3) is 10.3 Å². The van der Waals surface area contributed by atoms with Crippen molar-refractivity contribution in [2.75, 3.05) is 12.3 Å². The molecule has 0 fully saturated rings. The maximum Gasteiger partial charge on any atom is 0.350 e. The largest absolute Gasteiger partial charge is 0.462 e. The zero-order valence-electron chi connectivity index (χ0n) is 9.90. The van der Waals surface area contributed by atoms with Gasteiger partial charge in [0.1, 0.15) is 15.2 Å². The Balaban J connectivity index is 2.60. The first-order chi connectivity index (χ1) is 8.04. The fourth-order valence-electron chi connectivity index (χ4n) is 1.44. The minimum absolute atomic E-state index is 0.325. The molecule has 2 aromatic heterocycles. The van der Waals surface area contributed by atoms with Crippen LogP contribution in [0.4, 0.5) is 5.69 Å². The molecule has 5 nitrogen and oxygen atoms in total. The highest BCUT2D eigenvalue weighted by Gasteiger charge is 2.19. The van der Waals surface area contributed by atoms with Crippen molar-refractivity contribution in [3.63, 3.8) is 0 Å². The summed E-state index contributed by atoms with van der Waals surface area (Å²) in [6.45, 7) is 5.82. The van der Waals surface area contributed by atoms with E-state index >= 15 is 0 Å². The van der Waals surface area contributed by atoms with E-state index in [1.54, 1.807) is 6.92 Å². The van der Waals surface area contributed by atoms with Gasteiger partial charge in [-0.1, -0.05) is 0 Å². The first kappa shape index (κ1) is 11.8. The van der Waals surface area contributed by atoms with Crippen LogP contribution >= 0.6 is 11.3 Å². The van der Waals surface area contributed by atoms with Crippen LogP contribution in [0.5, 0.6) is 0 Å². The van der Waals surface area contributed by atoms with Gasteiger partial charge in [-0.15, -0.1) is 11.3 Å². The van der Waals surface area contributed by atoms with Crippen LogP contribution in [0.2, 0.25) is 0 Å². The van der Waals surface area contributed by atoms with Gasteiger partial charge in [-0.2, -0.15) is 0 Å². The lowest BCUT2D eigenvalue weighted by Crippen LogP contribution is -2.05. The molecule has 6 heteroatoms. The third-order valence-corrected chi connectivity index (χ3v) is 3.50. The fraction of sp³-hybridized carbons (Fsp3) is 0.364. The lowest BCUT2D eigenvalue weighted by Gasteiger charge is -1.99. The van der Waals surface area contributed by atoms with E-state index in [0.29, 0.717) is 27.5 Å². The number of aromatic nitrogens is 2. The van der Waals surface area contributed by atoms with Crippen LogP contribution in [0.1, 0.15) is 28.0 Å². The number of esters is 1. The van der Waals surface area contributed by atoms with Gasteiger partial charge in [0.05, 0.1) is 23.7 Å². The summed E-state index contributed by atoms with van der Waals surface area (Å²) in [5, 5.41) is 0. The third-order valence-electron chi connectivity index (χ3n) is 2.43. The number of nitrogens with two attached hydrogens (primary N) is 1. The first-order valence-electron chi connectivity index (χ1n) is 5.25. The number of hydrogen-bond donors (Lipinski definition) is 1. The summed E-state index contributed by atoms with van der Waals surface area (Å²) >= 11 is 1.22. The van der Waals surface area contributed by atoms with Gasteiger partial charge in [0, 0.05) is 0 Å². The predicted molar refractivity (Wildman–Crippen MR) is 67.3 cm³/mol. The molecule has 0 aliphatic rings. The fourth-order valence-corrected chi connectivity index (χ4v) is 2.41. The van der Waals surface area contributed by atoms with Gasteiger partial charge >= 0.3 is 5.97 Å². The Morgan fingerprint density at radius 2 is 2.00 bits per heavy atom. The Hall–Kier alpha value is -1.69. The molecule has 90 valence electrons. The van der Waals surface area contributed by atoms with Crippen molar-refractivity contribution in [1.29, 1.82) is 0 Å². The smallest absolute Gasteiger partial charge is 0.350 e. The van der Waals surface area contributed by atoms with Crippen molar-refractivity contribution in [1.82, 2.24) is 9.97 Å². The number of rotatable bonds is 2. The van der Waals surface area contributed by atoms with Crippen molar-refractivity contribution in [2.45, 2.75) is 20.8 Å². The average Bonchev–Trinajstić information content (AvgIpc) is 2.58. The maximum atomic E-state index is 11.7. The molecular weight excluding hydrogens is 238 g/mol. The Morgan fingerprint density at radius 1 is 1.35 bits per heavy atom. The van der Waals surface area contributed by atoms with Crippen LogP contribution < -0.4 is 5.73 Å². The summed E-state index contributed by atoms with van der Waals surface area (Å²) in [5.74, 6) is -0.412. The van der Waals surface area contributed by atoms with Crippen LogP contribution in [0.3, 0.4) is 0 Å². The molecule has 0 atom stereocenters. The third kappa shape index (κ3) is 1.95. The number of nitrogen functional groups attached to an aromatic ring is 1. The predicted octanol–water partition coefficient (Wildman–Crippen LogP) is 2.07. The summed E-state index contributed by atoms with van der Waals surface area (Å²) < 4.78 is 4.93. The second kappa shape index (κ2) is 4.29. The zero-order valence-corrected chi connectivity index (χ0v) is 10.7. The molecule has 0 unspecified atom stereocenters. The van der Waals surface area contributed by atoms with E-state index in [9.17, 15) is 4.79 Å². The Bertz CT molecular complexity index is 592. The average molecular weight is 251 g/mol. The number of carbonyl (C=O) groups is 1. The zero-order chi connectivity index (χ0) is 12.6. The van der Waals surface area contributed by atoms with Gasteiger partial charge in [0.25, 0.3) is 0 Å². The Morgan fingerprint density at radius 3 is 2.65 bits per heavy atom. The number of thiophene rings is 1. The maximum absolute atomic E-state index is 11.7. The van der Waals surface area contributed by atoms with Gasteiger partial charge in [-0.3, -0.25) is 0 Å². The van der Waals surface area contributed by atoms with Crippen LogP contribution in [-0.2, 0) is 4.74 Å². The Kier molecular flexibility index (Phi) is 2.97.